The molecule has 0 aliphatic heterocycles. The molecule has 2 N–H and O–H groups in total. The summed E-state index contributed by atoms with van der Waals surface area (Å²) in [4.78, 5) is 11.4. The largest absolute Gasteiger partial charge is 0.486 e. The Labute approximate surface area is 202 Å². The van der Waals surface area contributed by atoms with Gasteiger partial charge in [0.05, 0.1) is 5.56 Å². The van der Waals surface area contributed by atoms with E-state index in [2.05, 4.69) is 6.92 Å². The molecule has 1 amide bonds. The van der Waals surface area contributed by atoms with E-state index in [1.165, 1.54) is 24.3 Å². The lowest BCUT2D eigenvalue weighted by Gasteiger charge is -2.21. The van der Waals surface area contributed by atoms with Crippen LogP contribution < -0.4 is 10.5 Å². The molecule has 0 spiro atoms. The van der Waals surface area contributed by atoms with Gasteiger partial charge in [0.1, 0.15) is 17.7 Å². The molecule has 0 bridgehead atoms. The predicted octanol–water partition coefficient (Wildman–Crippen LogP) is 8.01. The SMILES string of the molecule is CCCCCCC(Oc1ccc(-c2ccc(C(F)(F)F)cc2)c(C)c1)c1ccc(C(N)=O)cc1F. The van der Waals surface area contributed by atoms with E-state index in [1.807, 2.05) is 6.92 Å². The van der Waals surface area contributed by atoms with Crippen molar-refractivity contribution in [3.05, 3.63) is 88.7 Å². The fourth-order valence-corrected chi connectivity index (χ4v) is 4.01. The summed E-state index contributed by atoms with van der Waals surface area (Å²) in [6, 6.07) is 14.5. The minimum atomic E-state index is -4.39. The first-order chi connectivity index (χ1) is 16.6. The van der Waals surface area contributed by atoms with E-state index in [9.17, 15) is 22.4 Å². The van der Waals surface area contributed by atoms with Crippen molar-refractivity contribution in [3.63, 3.8) is 0 Å². The quantitative estimate of drug-likeness (QED) is 0.233. The first kappa shape index (κ1) is 26.3. The number of nitrogens with two attached hydrogens (primary N) is 1. The summed E-state index contributed by atoms with van der Waals surface area (Å²) in [5.41, 5.74) is 7.25. The number of carbonyl (C=O) groups is 1. The molecule has 1 unspecified atom stereocenters. The first-order valence-corrected chi connectivity index (χ1v) is 11.6. The normalized spacial score (nSPS) is 12.4. The molecule has 3 nitrogen and oxygen atoms in total. The van der Waals surface area contributed by atoms with Crippen molar-refractivity contribution in [2.75, 3.05) is 0 Å². The third kappa shape index (κ3) is 6.84. The second-order valence-corrected chi connectivity index (χ2v) is 8.61. The van der Waals surface area contributed by atoms with Crippen LogP contribution in [-0.4, -0.2) is 5.91 Å². The predicted molar refractivity (Wildman–Crippen MR) is 129 cm³/mol. The molecule has 0 aliphatic rings. The van der Waals surface area contributed by atoms with E-state index in [1.54, 1.807) is 18.2 Å². The summed E-state index contributed by atoms with van der Waals surface area (Å²) in [5.74, 6) is -0.734. The molecule has 3 aromatic rings. The second kappa shape index (κ2) is 11.4. The monoisotopic (exact) mass is 487 g/mol. The second-order valence-electron chi connectivity index (χ2n) is 8.61. The Balaban J connectivity index is 1.84. The van der Waals surface area contributed by atoms with Crippen molar-refractivity contribution in [1.29, 1.82) is 0 Å². The number of carbonyl (C=O) groups excluding carboxylic acids is 1. The van der Waals surface area contributed by atoms with Gasteiger partial charge in [-0.3, -0.25) is 4.79 Å². The number of hydrogen-bond donors (Lipinski definition) is 1. The Morgan fingerprint density at radius 2 is 1.69 bits per heavy atom. The van der Waals surface area contributed by atoms with Crippen LogP contribution in [-0.2, 0) is 6.18 Å². The van der Waals surface area contributed by atoms with Gasteiger partial charge in [-0.1, -0.05) is 50.5 Å². The molecule has 0 aromatic heterocycles. The van der Waals surface area contributed by atoms with Crippen molar-refractivity contribution in [2.45, 2.75) is 58.2 Å². The average molecular weight is 488 g/mol. The zero-order chi connectivity index (χ0) is 25.6. The number of unbranched alkanes of at least 4 members (excludes halogenated alkanes) is 3. The van der Waals surface area contributed by atoms with Crippen LogP contribution in [0.4, 0.5) is 17.6 Å². The van der Waals surface area contributed by atoms with E-state index >= 15 is 0 Å². The number of aryl methyl sites for hydroxylation is 1. The molecular weight excluding hydrogens is 458 g/mol. The van der Waals surface area contributed by atoms with Crippen molar-refractivity contribution >= 4 is 5.91 Å². The molecule has 35 heavy (non-hydrogen) atoms. The molecule has 0 heterocycles. The molecule has 0 radical (unpaired) electrons. The van der Waals surface area contributed by atoms with Gasteiger partial charge in [0.15, 0.2) is 0 Å². The molecule has 0 saturated carbocycles. The van der Waals surface area contributed by atoms with Crippen molar-refractivity contribution in [2.24, 2.45) is 5.73 Å². The van der Waals surface area contributed by atoms with Gasteiger partial charge in [-0.15, -0.1) is 0 Å². The lowest BCUT2D eigenvalue weighted by atomic mass is 9.98. The van der Waals surface area contributed by atoms with E-state index < -0.39 is 29.6 Å². The van der Waals surface area contributed by atoms with Gasteiger partial charge < -0.3 is 10.5 Å². The lowest BCUT2D eigenvalue weighted by Crippen LogP contribution is -2.14. The average Bonchev–Trinajstić information content (AvgIpc) is 2.80. The molecule has 186 valence electrons. The maximum atomic E-state index is 14.9. The minimum Gasteiger partial charge on any atom is -0.486 e. The number of hydrogen-bond acceptors (Lipinski definition) is 2. The van der Waals surface area contributed by atoms with Gasteiger partial charge in [-0.2, -0.15) is 13.2 Å². The summed E-state index contributed by atoms with van der Waals surface area (Å²) in [6.45, 7) is 3.95. The summed E-state index contributed by atoms with van der Waals surface area (Å²) in [6.07, 6.45) is -0.393. The van der Waals surface area contributed by atoms with Crippen LogP contribution in [0.3, 0.4) is 0 Å². The maximum Gasteiger partial charge on any atom is 0.416 e. The molecule has 0 saturated heterocycles. The molecule has 7 heteroatoms. The molecule has 0 aliphatic carbocycles. The highest BCUT2D eigenvalue weighted by Gasteiger charge is 2.30. The van der Waals surface area contributed by atoms with Crippen molar-refractivity contribution < 1.29 is 27.1 Å². The van der Waals surface area contributed by atoms with E-state index in [0.717, 1.165) is 55.0 Å². The Morgan fingerprint density at radius 3 is 2.26 bits per heavy atom. The lowest BCUT2D eigenvalue weighted by molar-refractivity contribution is -0.137. The first-order valence-electron chi connectivity index (χ1n) is 11.6. The summed E-state index contributed by atoms with van der Waals surface area (Å²) < 4.78 is 59.7. The van der Waals surface area contributed by atoms with Gasteiger partial charge in [0.2, 0.25) is 5.91 Å². The number of halogens is 4. The summed E-state index contributed by atoms with van der Waals surface area (Å²) in [5, 5.41) is 0. The molecular formula is C28H29F4NO2. The fourth-order valence-electron chi connectivity index (χ4n) is 4.01. The minimum absolute atomic E-state index is 0.0905. The number of amides is 1. The topological polar surface area (TPSA) is 52.3 Å². The van der Waals surface area contributed by atoms with Gasteiger partial charge in [-0.25, -0.2) is 4.39 Å². The van der Waals surface area contributed by atoms with Gasteiger partial charge in [-0.05, 0) is 72.9 Å². The van der Waals surface area contributed by atoms with E-state index in [4.69, 9.17) is 10.5 Å². The van der Waals surface area contributed by atoms with Crippen LogP contribution in [0.2, 0.25) is 0 Å². The molecule has 0 fully saturated rings. The highest BCUT2D eigenvalue weighted by atomic mass is 19.4. The zero-order valence-electron chi connectivity index (χ0n) is 19.8. The van der Waals surface area contributed by atoms with Crippen LogP contribution in [0.1, 0.15) is 72.2 Å². The van der Waals surface area contributed by atoms with Crippen LogP contribution >= 0.6 is 0 Å². The van der Waals surface area contributed by atoms with Crippen LogP contribution in [0.15, 0.2) is 60.7 Å². The Morgan fingerprint density at radius 1 is 0.971 bits per heavy atom. The van der Waals surface area contributed by atoms with E-state index in [-0.39, 0.29) is 5.56 Å². The number of ether oxygens (including phenoxy) is 1. The smallest absolute Gasteiger partial charge is 0.416 e. The van der Waals surface area contributed by atoms with Crippen LogP contribution in [0.5, 0.6) is 5.75 Å². The summed E-state index contributed by atoms with van der Waals surface area (Å²) in [7, 11) is 0. The molecule has 3 rings (SSSR count). The third-order valence-corrected chi connectivity index (χ3v) is 5.95. The molecule has 1 atom stereocenters. The Kier molecular flexibility index (Phi) is 8.54. The Bertz CT molecular complexity index is 1160. The highest BCUT2D eigenvalue weighted by Crippen LogP contribution is 2.34. The van der Waals surface area contributed by atoms with Crippen LogP contribution in [0, 0.1) is 12.7 Å². The Hall–Kier alpha value is -3.35. The highest BCUT2D eigenvalue weighted by molar-refractivity contribution is 5.92. The van der Waals surface area contributed by atoms with Crippen molar-refractivity contribution in [1.82, 2.24) is 0 Å². The van der Waals surface area contributed by atoms with Crippen LogP contribution in [0.25, 0.3) is 11.1 Å². The fraction of sp³-hybridized carbons (Fsp3) is 0.321. The van der Waals surface area contributed by atoms with Gasteiger partial charge in [0.25, 0.3) is 0 Å². The number of rotatable bonds is 10. The standard InChI is InChI=1S/C28H29F4NO2/c1-3-4-5-6-7-26(24-14-10-20(27(33)34)17-25(24)29)35-22-13-15-23(18(2)16-22)19-8-11-21(12-9-19)28(30,31)32/h8-17,26H,3-7H2,1-2H3,(H2,33,34). The van der Waals surface area contributed by atoms with E-state index in [0.29, 0.717) is 23.3 Å². The van der Waals surface area contributed by atoms with Crippen molar-refractivity contribution in [3.8, 4) is 16.9 Å². The summed E-state index contributed by atoms with van der Waals surface area (Å²) >= 11 is 0. The number of primary amides is 1. The van der Waals surface area contributed by atoms with Gasteiger partial charge >= 0.3 is 6.18 Å². The molecule has 3 aromatic carbocycles. The number of benzene rings is 3. The number of alkyl halides is 3. The zero-order valence-corrected chi connectivity index (χ0v) is 19.8. The maximum absolute atomic E-state index is 14.9. The third-order valence-electron chi connectivity index (χ3n) is 5.95. The van der Waals surface area contributed by atoms with Gasteiger partial charge in [0, 0.05) is 11.1 Å².